The second-order valence-electron chi connectivity index (χ2n) is 20.8. The topological polar surface area (TPSA) is 78.9 Å². The molecule has 0 aromatic heterocycles. The van der Waals surface area contributed by atoms with Gasteiger partial charge in [0.1, 0.15) is 13.2 Å². The molecule has 0 spiro atoms. The smallest absolute Gasteiger partial charge is 0.306 e. The molecule has 0 aromatic rings. The van der Waals surface area contributed by atoms with E-state index < -0.39 is 6.10 Å². The highest BCUT2D eigenvalue weighted by Crippen LogP contribution is 2.18. The number of carbonyl (C=O) groups is 3. The molecule has 65 heavy (non-hydrogen) atoms. The minimum Gasteiger partial charge on any atom is -0.462 e. The van der Waals surface area contributed by atoms with Gasteiger partial charge in [-0.3, -0.25) is 14.4 Å². The summed E-state index contributed by atoms with van der Waals surface area (Å²) in [6.45, 7) is 9.06. The minimum absolute atomic E-state index is 0.0618. The lowest BCUT2D eigenvalue weighted by molar-refractivity contribution is -0.167. The van der Waals surface area contributed by atoms with Gasteiger partial charge in [-0.15, -0.1) is 0 Å². The van der Waals surface area contributed by atoms with E-state index in [9.17, 15) is 14.4 Å². The maximum Gasteiger partial charge on any atom is 0.306 e. The summed E-state index contributed by atoms with van der Waals surface area (Å²) in [7, 11) is 0. The van der Waals surface area contributed by atoms with Crippen LogP contribution in [0.4, 0.5) is 0 Å². The van der Waals surface area contributed by atoms with Gasteiger partial charge >= 0.3 is 17.9 Å². The molecule has 0 aliphatic rings. The van der Waals surface area contributed by atoms with Gasteiger partial charge in [0.05, 0.1) is 0 Å². The van der Waals surface area contributed by atoms with Gasteiger partial charge in [0.25, 0.3) is 0 Å². The van der Waals surface area contributed by atoms with Crippen molar-refractivity contribution in [2.75, 3.05) is 13.2 Å². The van der Waals surface area contributed by atoms with E-state index in [1.54, 1.807) is 0 Å². The van der Waals surface area contributed by atoms with Crippen LogP contribution in [0.15, 0.2) is 0 Å². The summed E-state index contributed by atoms with van der Waals surface area (Å²) in [5.41, 5.74) is 0. The van der Waals surface area contributed by atoms with E-state index in [0.717, 1.165) is 63.7 Å². The Hall–Kier alpha value is -1.59. The van der Waals surface area contributed by atoms with Gasteiger partial charge in [-0.1, -0.05) is 297 Å². The van der Waals surface area contributed by atoms with Gasteiger partial charge in [0.2, 0.25) is 0 Å². The van der Waals surface area contributed by atoms with Crippen LogP contribution in [-0.4, -0.2) is 37.2 Å². The Morgan fingerprint density at radius 3 is 0.754 bits per heavy atom. The van der Waals surface area contributed by atoms with Crippen molar-refractivity contribution in [1.29, 1.82) is 0 Å². The lowest BCUT2D eigenvalue weighted by Crippen LogP contribution is -2.30. The first-order chi connectivity index (χ1) is 31.9. The van der Waals surface area contributed by atoms with E-state index in [2.05, 4.69) is 27.7 Å². The van der Waals surface area contributed by atoms with Crippen LogP contribution in [0.25, 0.3) is 0 Å². The van der Waals surface area contributed by atoms with Gasteiger partial charge in [-0.05, 0) is 25.2 Å². The standard InChI is InChI=1S/C59H114O6/c1-5-7-9-11-13-15-17-19-20-21-22-23-24-26-31-35-39-43-47-51-58(61)64-54-56(53-63-57(60)50-46-42-38-34-30-25-18-16-14-12-10-8-6-2)65-59(62)52-48-44-40-36-32-28-27-29-33-37-41-45-49-55(3)4/h55-56H,5-54H2,1-4H3/t56-/m0/s1. The molecule has 0 bridgehead atoms. The fourth-order valence-electron chi connectivity index (χ4n) is 9.10. The van der Waals surface area contributed by atoms with Crippen molar-refractivity contribution in [3.05, 3.63) is 0 Å². The third kappa shape index (κ3) is 53.2. The minimum atomic E-state index is -0.762. The molecule has 0 saturated carbocycles. The van der Waals surface area contributed by atoms with E-state index in [-0.39, 0.29) is 31.1 Å². The maximum absolute atomic E-state index is 12.8. The summed E-state index contributed by atoms with van der Waals surface area (Å²) in [6, 6.07) is 0. The molecule has 0 fully saturated rings. The molecular weight excluding hydrogens is 805 g/mol. The fourth-order valence-corrected chi connectivity index (χ4v) is 9.10. The Morgan fingerprint density at radius 1 is 0.292 bits per heavy atom. The first-order valence-corrected chi connectivity index (χ1v) is 29.4. The number of unbranched alkanes of at least 4 members (excludes halogenated alkanes) is 41. The van der Waals surface area contributed by atoms with Gasteiger partial charge < -0.3 is 14.2 Å². The van der Waals surface area contributed by atoms with Gasteiger partial charge in [0, 0.05) is 19.3 Å². The summed E-state index contributed by atoms with van der Waals surface area (Å²) < 4.78 is 16.9. The van der Waals surface area contributed by atoms with Crippen LogP contribution < -0.4 is 0 Å². The highest BCUT2D eigenvalue weighted by molar-refractivity contribution is 5.71. The molecule has 0 radical (unpaired) electrons. The van der Waals surface area contributed by atoms with Crippen LogP contribution in [0, 0.1) is 5.92 Å². The van der Waals surface area contributed by atoms with Crippen molar-refractivity contribution in [1.82, 2.24) is 0 Å². The number of hydrogen-bond donors (Lipinski definition) is 0. The van der Waals surface area contributed by atoms with Gasteiger partial charge in [-0.25, -0.2) is 0 Å². The third-order valence-electron chi connectivity index (χ3n) is 13.5. The van der Waals surface area contributed by atoms with Gasteiger partial charge in [-0.2, -0.15) is 0 Å². The van der Waals surface area contributed by atoms with E-state index >= 15 is 0 Å². The molecule has 386 valence electrons. The van der Waals surface area contributed by atoms with E-state index in [1.807, 2.05) is 0 Å². The molecule has 0 unspecified atom stereocenters. The normalized spacial score (nSPS) is 12.0. The number of ether oxygens (including phenoxy) is 3. The first kappa shape index (κ1) is 63.4. The molecule has 0 rings (SSSR count). The Kier molecular flexibility index (Phi) is 52.1. The SMILES string of the molecule is CCCCCCCCCCCCCCCCCCCCCC(=O)OC[C@H](COC(=O)CCCCCCCCCCCCCCC)OC(=O)CCCCCCCCCCCCCCC(C)C. The van der Waals surface area contributed by atoms with Crippen molar-refractivity contribution in [3.8, 4) is 0 Å². The maximum atomic E-state index is 12.8. The molecule has 0 aromatic carbocycles. The predicted molar refractivity (Wildman–Crippen MR) is 280 cm³/mol. The summed E-state index contributed by atoms with van der Waals surface area (Å²) in [6.07, 6.45) is 58.1. The molecule has 0 amide bonds. The largest absolute Gasteiger partial charge is 0.462 e. The molecule has 6 heteroatoms. The zero-order valence-electron chi connectivity index (χ0n) is 44.5. The highest BCUT2D eigenvalue weighted by Gasteiger charge is 2.19. The average molecular weight is 920 g/mol. The highest BCUT2D eigenvalue weighted by atomic mass is 16.6. The molecule has 0 saturated heterocycles. The quantitative estimate of drug-likeness (QED) is 0.0344. The van der Waals surface area contributed by atoms with E-state index in [1.165, 1.54) is 231 Å². The van der Waals surface area contributed by atoms with E-state index in [4.69, 9.17) is 14.2 Å². The Balaban J connectivity index is 4.27. The molecule has 0 heterocycles. The lowest BCUT2D eigenvalue weighted by Gasteiger charge is -2.18. The van der Waals surface area contributed by atoms with Crippen molar-refractivity contribution in [2.45, 2.75) is 342 Å². The van der Waals surface area contributed by atoms with Crippen LogP contribution in [-0.2, 0) is 28.6 Å². The number of carbonyl (C=O) groups excluding carboxylic acids is 3. The average Bonchev–Trinajstić information content (AvgIpc) is 3.29. The number of esters is 3. The summed E-state index contributed by atoms with van der Waals surface area (Å²) >= 11 is 0. The third-order valence-corrected chi connectivity index (χ3v) is 13.5. The predicted octanol–water partition coefficient (Wildman–Crippen LogP) is 19.4. The zero-order chi connectivity index (χ0) is 47.4. The molecule has 6 nitrogen and oxygen atoms in total. The zero-order valence-corrected chi connectivity index (χ0v) is 44.5. The molecule has 0 N–H and O–H groups in total. The van der Waals surface area contributed by atoms with Crippen LogP contribution in [0.2, 0.25) is 0 Å². The summed E-state index contributed by atoms with van der Waals surface area (Å²) in [4.78, 5) is 38.1. The van der Waals surface area contributed by atoms with Crippen molar-refractivity contribution >= 4 is 17.9 Å². The van der Waals surface area contributed by atoms with Gasteiger partial charge in [0.15, 0.2) is 6.10 Å². The van der Waals surface area contributed by atoms with Crippen molar-refractivity contribution < 1.29 is 28.6 Å². The fraction of sp³-hybridized carbons (Fsp3) is 0.949. The Bertz CT molecular complexity index is 980. The molecule has 1 atom stereocenters. The van der Waals surface area contributed by atoms with Crippen LogP contribution in [0.1, 0.15) is 336 Å². The monoisotopic (exact) mass is 919 g/mol. The summed E-state index contributed by atoms with van der Waals surface area (Å²) in [5, 5.41) is 0. The summed E-state index contributed by atoms with van der Waals surface area (Å²) in [5.74, 6) is -0.00292. The first-order valence-electron chi connectivity index (χ1n) is 29.4. The Labute approximate surface area is 406 Å². The van der Waals surface area contributed by atoms with Crippen molar-refractivity contribution in [2.24, 2.45) is 5.92 Å². The lowest BCUT2D eigenvalue weighted by atomic mass is 10.0. The van der Waals surface area contributed by atoms with Crippen LogP contribution >= 0.6 is 0 Å². The second kappa shape index (κ2) is 53.4. The van der Waals surface area contributed by atoms with Crippen LogP contribution in [0.3, 0.4) is 0 Å². The molecule has 0 aliphatic carbocycles. The van der Waals surface area contributed by atoms with E-state index in [0.29, 0.717) is 19.3 Å². The molecular formula is C59H114O6. The molecule has 0 aliphatic heterocycles. The van der Waals surface area contributed by atoms with Crippen molar-refractivity contribution in [3.63, 3.8) is 0 Å². The Morgan fingerprint density at radius 2 is 0.508 bits per heavy atom. The second-order valence-corrected chi connectivity index (χ2v) is 20.8. The number of rotatable bonds is 54. The number of hydrogen-bond acceptors (Lipinski definition) is 6. The van der Waals surface area contributed by atoms with Crippen LogP contribution in [0.5, 0.6) is 0 Å².